The summed E-state index contributed by atoms with van der Waals surface area (Å²) in [6.45, 7) is 7.40. The Labute approximate surface area is 157 Å². The van der Waals surface area contributed by atoms with E-state index in [1.807, 2.05) is 32.6 Å². The number of piperazine rings is 1. The van der Waals surface area contributed by atoms with Gasteiger partial charge < -0.3 is 25.0 Å². The van der Waals surface area contributed by atoms with E-state index in [0.29, 0.717) is 25.3 Å². The summed E-state index contributed by atoms with van der Waals surface area (Å²) < 4.78 is 47.4. The summed E-state index contributed by atoms with van der Waals surface area (Å²) in [6.07, 6.45) is -4.81. The van der Waals surface area contributed by atoms with Gasteiger partial charge in [-0.05, 0) is 39.8 Å². The fraction of sp³-hybridized carbons (Fsp3) is 0.611. The predicted octanol–water partition coefficient (Wildman–Crippen LogP) is 3.66. The second-order valence-corrected chi connectivity index (χ2v) is 7.59. The van der Waals surface area contributed by atoms with Gasteiger partial charge in [0.2, 0.25) is 0 Å². The average Bonchev–Trinajstić information content (AvgIpc) is 2.51. The van der Waals surface area contributed by atoms with Gasteiger partial charge >= 0.3 is 12.3 Å². The first-order valence-electron chi connectivity index (χ1n) is 8.69. The zero-order chi connectivity index (χ0) is 20.4. The number of anilines is 2. The molecule has 1 heterocycles. The van der Waals surface area contributed by atoms with Crippen LogP contribution in [0, 0.1) is 0 Å². The molecule has 1 aliphatic heterocycles. The highest BCUT2D eigenvalue weighted by molar-refractivity contribution is 5.69. The Bertz CT molecular complexity index is 674. The van der Waals surface area contributed by atoms with E-state index in [1.165, 1.54) is 12.1 Å². The molecule has 1 saturated heterocycles. The van der Waals surface area contributed by atoms with Crippen LogP contribution in [0.4, 0.5) is 29.3 Å². The molecule has 1 atom stereocenters. The molecule has 0 aromatic heterocycles. The molecule has 152 valence electrons. The first-order chi connectivity index (χ1) is 12.4. The standard InChI is InChI=1S/C18H26F3N3O3/c1-12-10-23(7-8-24(12)16(25)27-17(2,3)4)13-5-6-14(22)15(9-13)26-11-18(19,20)21/h5-6,9,12H,7-8,10-11,22H2,1-4H3/t12-/m0/s1. The lowest BCUT2D eigenvalue weighted by Crippen LogP contribution is -2.55. The minimum absolute atomic E-state index is 0.00736. The molecule has 0 saturated carbocycles. The topological polar surface area (TPSA) is 68.0 Å². The van der Waals surface area contributed by atoms with Gasteiger partial charge in [-0.1, -0.05) is 0 Å². The molecule has 0 spiro atoms. The number of nitrogens with two attached hydrogens (primary N) is 1. The molecule has 6 nitrogen and oxygen atoms in total. The maximum atomic E-state index is 12.4. The van der Waals surface area contributed by atoms with Crippen molar-refractivity contribution in [2.45, 2.75) is 45.5 Å². The molecule has 27 heavy (non-hydrogen) atoms. The van der Waals surface area contributed by atoms with Gasteiger partial charge in [0, 0.05) is 37.4 Å². The summed E-state index contributed by atoms with van der Waals surface area (Å²) in [5.41, 5.74) is 5.98. The summed E-state index contributed by atoms with van der Waals surface area (Å²) in [5, 5.41) is 0. The number of ether oxygens (including phenoxy) is 2. The fourth-order valence-corrected chi connectivity index (χ4v) is 2.79. The third-order valence-corrected chi connectivity index (χ3v) is 4.01. The lowest BCUT2D eigenvalue weighted by Gasteiger charge is -2.41. The van der Waals surface area contributed by atoms with Gasteiger partial charge in [-0.3, -0.25) is 0 Å². The van der Waals surface area contributed by atoms with E-state index in [1.54, 1.807) is 11.0 Å². The van der Waals surface area contributed by atoms with Crippen molar-refractivity contribution in [3.05, 3.63) is 18.2 Å². The Morgan fingerprint density at radius 1 is 1.26 bits per heavy atom. The van der Waals surface area contributed by atoms with Gasteiger partial charge in [-0.25, -0.2) is 4.79 Å². The summed E-state index contributed by atoms with van der Waals surface area (Å²) in [5.74, 6) is -0.00736. The summed E-state index contributed by atoms with van der Waals surface area (Å²) in [7, 11) is 0. The van der Waals surface area contributed by atoms with Gasteiger partial charge in [-0.2, -0.15) is 13.2 Å². The van der Waals surface area contributed by atoms with Gasteiger partial charge in [0.1, 0.15) is 11.4 Å². The molecule has 0 unspecified atom stereocenters. The monoisotopic (exact) mass is 389 g/mol. The van der Waals surface area contributed by atoms with Gasteiger partial charge in [-0.15, -0.1) is 0 Å². The molecular weight excluding hydrogens is 363 g/mol. The Balaban J connectivity index is 2.05. The molecule has 1 amide bonds. The lowest BCUT2D eigenvalue weighted by atomic mass is 10.1. The normalized spacial score (nSPS) is 18.4. The van der Waals surface area contributed by atoms with Crippen molar-refractivity contribution in [2.24, 2.45) is 0 Å². The van der Waals surface area contributed by atoms with E-state index in [4.69, 9.17) is 15.2 Å². The number of nitrogen functional groups attached to an aromatic ring is 1. The molecule has 2 rings (SSSR count). The van der Waals surface area contributed by atoms with Crippen molar-refractivity contribution < 1.29 is 27.4 Å². The fourth-order valence-electron chi connectivity index (χ4n) is 2.79. The van der Waals surface area contributed by atoms with Crippen LogP contribution in [0.2, 0.25) is 0 Å². The number of halogens is 3. The number of carbonyl (C=O) groups excluding carboxylic acids is 1. The van der Waals surface area contributed by atoms with Crippen molar-refractivity contribution in [3.8, 4) is 5.75 Å². The Morgan fingerprint density at radius 2 is 1.93 bits per heavy atom. The van der Waals surface area contributed by atoms with E-state index in [2.05, 4.69) is 0 Å². The first-order valence-corrected chi connectivity index (χ1v) is 8.69. The molecule has 1 aliphatic rings. The van der Waals surface area contributed by atoms with Gasteiger partial charge in [0.15, 0.2) is 6.61 Å². The third kappa shape index (κ3) is 6.11. The van der Waals surface area contributed by atoms with Crippen molar-refractivity contribution in [3.63, 3.8) is 0 Å². The zero-order valence-corrected chi connectivity index (χ0v) is 16.0. The van der Waals surface area contributed by atoms with E-state index >= 15 is 0 Å². The predicted molar refractivity (Wildman–Crippen MR) is 97.0 cm³/mol. The van der Waals surface area contributed by atoms with Crippen molar-refractivity contribution in [2.75, 3.05) is 36.9 Å². The molecule has 0 bridgehead atoms. The first kappa shape index (κ1) is 21.0. The van der Waals surface area contributed by atoms with Crippen molar-refractivity contribution >= 4 is 17.5 Å². The van der Waals surface area contributed by atoms with E-state index in [9.17, 15) is 18.0 Å². The van der Waals surface area contributed by atoms with Crippen LogP contribution in [0.25, 0.3) is 0 Å². The quantitative estimate of drug-likeness (QED) is 0.799. The van der Waals surface area contributed by atoms with Crippen molar-refractivity contribution in [1.29, 1.82) is 0 Å². The SMILES string of the molecule is C[C@H]1CN(c2ccc(N)c(OCC(F)(F)F)c2)CCN1C(=O)OC(C)(C)C. The summed E-state index contributed by atoms with van der Waals surface area (Å²) in [6, 6.07) is 4.62. The lowest BCUT2D eigenvalue weighted by molar-refractivity contribution is -0.153. The van der Waals surface area contributed by atoms with Crippen LogP contribution in [-0.4, -0.2) is 55.1 Å². The number of carbonyl (C=O) groups is 1. The number of rotatable bonds is 3. The molecule has 1 aromatic carbocycles. The number of amides is 1. The highest BCUT2D eigenvalue weighted by Crippen LogP contribution is 2.30. The Hall–Kier alpha value is -2.32. The molecule has 0 aliphatic carbocycles. The second-order valence-electron chi connectivity index (χ2n) is 7.59. The van der Waals surface area contributed by atoms with Crippen molar-refractivity contribution in [1.82, 2.24) is 4.90 Å². The number of alkyl halides is 3. The third-order valence-electron chi connectivity index (χ3n) is 4.01. The summed E-state index contributed by atoms with van der Waals surface area (Å²) >= 11 is 0. The highest BCUT2D eigenvalue weighted by atomic mass is 19.4. The Kier molecular flexibility index (Phi) is 6.01. The smallest absolute Gasteiger partial charge is 0.422 e. The number of hydrogen-bond acceptors (Lipinski definition) is 5. The van der Waals surface area contributed by atoms with E-state index in [-0.39, 0.29) is 23.6 Å². The highest BCUT2D eigenvalue weighted by Gasteiger charge is 2.32. The number of benzene rings is 1. The molecule has 0 radical (unpaired) electrons. The molecule has 1 fully saturated rings. The number of nitrogens with zero attached hydrogens (tertiary/aromatic N) is 2. The van der Waals surface area contributed by atoms with Crippen LogP contribution < -0.4 is 15.4 Å². The van der Waals surface area contributed by atoms with Gasteiger partial charge in [0.05, 0.1) is 5.69 Å². The maximum absolute atomic E-state index is 12.4. The van der Waals surface area contributed by atoms with Crippen LogP contribution in [0.1, 0.15) is 27.7 Å². The largest absolute Gasteiger partial charge is 0.482 e. The van der Waals surface area contributed by atoms with E-state index in [0.717, 1.165) is 0 Å². The van der Waals surface area contributed by atoms with Gasteiger partial charge in [0.25, 0.3) is 0 Å². The molecule has 1 aromatic rings. The molecular formula is C18H26F3N3O3. The zero-order valence-electron chi connectivity index (χ0n) is 16.0. The van der Waals surface area contributed by atoms with Crippen LogP contribution in [-0.2, 0) is 4.74 Å². The maximum Gasteiger partial charge on any atom is 0.422 e. The average molecular weight is 389 g/mol. The Morgan fingerprint density at radius 3 is 2.48 bits per heavy atom. The minimum atomic E-state index is -4.43. The molecule has 2 N–H and O–H groups in total. The summed E-state index contributed by atoms with van der Waals surface area (Å²) in [4.78, 5) is 15.9. The van der Waals surface area contributed by atoms with Crippen LogP contribution >= 0.6 is 0 Å². The van der Waals surface area contributed by atoms with Crippen LogP contribution in [0.5, 0.6) is 5.75 Å². The van der Waals surface area contributed by atoms with Crippen LogP contribution in [0.3, 0.4) is 0 Å². The van der Waals surface area contributed by atoms with Crippen LogP contribution in [0.15, 0.2) is 18.2 Å². The van der Waals surface area contributed by atoms with E-state index < -0.39 is 18.4 Å². The number of hydrogen-bond donors (Lipinski definition) is 1. The minimum Gasteiger partial charge on any atom is -0.482 e. The molecule has 9 heteroatoms. The second kappa shape index (κ2) is 7.74.